The van der Waals surface area contributed by atoms with E-state index in [1.165, 1.54) is 11.3 Å². The van der Waals surface area contributed by atoms with E-state index < -0.39 is 6.29 Å². The molecule has 1 fully saturated rings. The number of phenolic OH excluding ortho intramolecular Hbond substituents is 1. The van der Waals surface area contributed by atoms with E-state index >= 15 is 0 Å². The SMILES string of the molecule is CC(CCc1ccc(O)cc1)NC(=O)c1cnc(C2OCCO2)s1. The fraction of sp³-hybridized carbons (Fsp3) is 0.412. The number of carbonyl (C=O) groups excluding carboxylic acids is 1. The van der Waals surface area contributed by atoms with Crippen LogP contribution in [0.5, 0.6) is 5.75 Å². The normalized spacial score (nSPS) is 16.2. The predicted molar refractivity (Wildman–Crippen MR) is 90.1 cm³/mol. The Morgan fingerprint density at radius 2 is 2.08 bits per heavy atom. The van der Waals surface area contributed by atoms with Gasteiger partial charge in [0.1, 0.15) is 15.6 Å². The maximum atomic E-state index is 12.3. The third-order valence-corrected chi connectivity index (χ3v) is 4.77. The van der Waals surface area contributed by atoms with Gasteiger partial charge in [0, 0.05) is 6.04 Å². The van der Waals surface area contributed by atoms with Crippen molar-refractivity contribution in [2.24, 2.45) is 0 Å². The summed E-state index contributed by atoms with van der Waals surface area (Å²) in [5.41, 5.74) is 1.13. The van der Waals surface area contributed by atoms with Crippen molar-refractivity contribution in [2.75, 3.05) is 13.2 Å². The molecule has 0 bridgehead atoms. The Balaban J connectivity index is 1.49. The highest BCUT2D eigenvalue weighted by Gasteiger charge is 2.23. The summed E-state index contributed by atoms with van der Waals surface area (Å²) >= 11 is 1.30. The van der Waals surface area contributed by atoms with Crippen molar-refractivity contribution < 1.29 is 19.4 Å². The number of carbonyl (C=O) groups is 1. The van der Waals surface area contributed by atoms with Crippen LogP contribution >= 0.6 is 11.3 Å². The van der Waals surface area contributed by atoms with Gasteiger partial charge in [-0.3, -0.25) is 4.79 Å². The van der Waals surface area contributed by atoms with E-state index in [2.05, 4.69) is 10.3 Å². The second kappa shape index (κ2) is 7.74. The average molecular weight is 348 g/mol. The first kappa shape index (κ1) is 16.9. The average Bonchev–Trinajstić information content (AvgIpc) is 3.25. The molecule has 0 radical (unpaired) electrons. The standard InChI is InChI=1S/C17H20N2O4S/c1-11(2-3-12-4-6-13(20)7-5-12)19-15(21)14-10-18-16(24-14)17-22-8-9-23-17/h4-7,10-11,17,20H,2-3,8-9H2,1H3,(H,19,21). The lowest BCUT2D eigenvalue weighted by Crippen LogP contribution is -2.32. The van der Waals surface area contributed by atoms with Gasteiger partial charge in [-0.1, -0.05) is 12.1 Å². The smallest absolute Gasteiger partial charge is 0.263 e. The minimum atomic E-state index is -0.441. The monoisotopic (exact) mass is 348 g/mol. The topological polar surface area (TPSA) is 80.7 Å². The van der Waals surface area contributed by atoms with Crippen LogP contribution < -0.4 is 5.32 Å². The molecule has 2 aromatic rings. The number of nitrogens with one attached hydrogen (secondary N) is 1. The Bertz CT molecular complexity index is 680. The zero-order valence-electron chi connectivity index (χ0n) is 13.4. The number of aromatic nitrogens is 1. The van der Waals surface area contributed by atoms with Crippen LogP contribution in [-0.4, -0.2) is 35.3 Å². The number of benzene rings is 1. The Hall–Kier alpha value is -1.96. The van der Waals surface area contributed by atoms with Crippen LogP contribution in [0.4, 0.5) is 0 Å². The van der Waals surface area contributed by atoms with Crippen molar-refractivity contribution in [3.05, 3.63) is 45.9 Å². The number of aromatic hydroxyl groups is 1. The number of hydrogen-bond acceptors (Lipinski definition) is 6. The molecule has 1 saturated heterocycles. The highest BCUT2D eigenvalue weighted by atomic mass is 32.1. The first-order valence-corrected chi connectivity index (χ1v) is 8.71. The molecule has 0 saturated carbocycles. The van der Waals surface area contributed by atoms with Crippen LogP contribution in [0.3, 0.4) is 0 Å². The van der Waals surface area contributed by atoms with Crippen molar-refractivity contribution in [2.45, 2.75) is 32.1 Å². The van der Waals surface area contributed by atoms with Gasteiger partial charge in [0.15, 0.2) is 0 Å². The molecule has 1 unspecified atom stereocenters. The number of thiazole rings is 1. The highest BCUT2D eigenvalue weighted by Crippen LogP contribution is 2.27. The Kier molecular flexibility index (Phi) is 5.44. The number of amides is 1. The number of phenols is 1. The third kappa shape index (κ3) is 4.31. The minimum absolute atomic E-state index is 0.0378. The molecule has 3 rings (SSSR count). The summed E-state index contributed by atoms with van der Waals surface area (Å²) in [5.74, 6) is 0.131. The molecular formula is C17H20N2O4S. The molecule has 1 aromatic heterocycles. The van der Waals surface area contributed by atoms with Crippen LogP contribution in [0.2, 0.25) is 0 Å². The zero-order chi connectivity index (χ0) is 16.9. The van der Waals surface area contributed by atoms with Gasteiger partial charge in [0.2, 0.25) is 6.29 Å². The molecule has 0 spiro atoms. The molecule has 1 atom stereocenters. The Morgan fingerprint density at radius 1 is 1.38 bits per heavy atom. The van der Waals surface area contributed by atoms with Crippen molar-refractivity contribution in [3.63, 3.8) is 0 Å². The zero-order valence-corrected chi connectivity index (χ0v) is 14.2. The molecule has 1 aromatic carbocycles. The number of nitrogens with zero attached hydrogens (tertiary/aromatic N) is 1. The lowest BCUT2D eigenvalue weighted by atomic mass is 10.1. The molecule has 2 N–H and O–H groups in total. The summed E-state index contributed by atoms with van der Waals surface area (Å²) in [7, 11) is 0. The second-order valence-corrected chi connectivity index (χ2v) is 6.78. The van der Waals surface area contributed by atoms with Crippen molar-refractivity contribution in [1.82, 2.24) is 10.3 Å². The van der Waals surface area contributed by atoms with Gasteiger partial charge in [-0.15, -0.1) is 11.3 Å². The quantitative estimate of drug-likeness (QED) is 0.839. The molecular weight excluding hydrogens is 328 g/mol. The summed E-state index contributed by atoms with van der Waals surface area (Å²) in [5, 5.41) is 12.9. The van der Waals surface area contributed by atoms with E-state index in [4.69, 9.17) is 9.47 Å². The van der Waals surface area contributed by atoms with Crippen LogP contribution in [0.1, 0.15) is 39.9 Å². The van der Waals surface area contributed by atoms with E-state index in [-0.39, 0.29) is 17.7 Å². The van der Waals surface area contributed by atoms with Crippen LogP contribution in [0.25, 0.3) is 0 Å². The molecule has 24 heavy (non-hydrogen) atoms. The number of rotatable bonds is 6. The van der Waals surface area contributed by atoms with Gasteiger partial charge in [0.05, 0.1) is 19.4 Å². The van der Waals surface area contributed by atoms with E-state index in [0.717, 1.165) is 18.4 Å². The lowest BCUT2D eigenvalue weighted by molar-refractivity contribution is -0.0442. The predicted octanol–water partition coefficient (Wildman–Crippen LogP) is 2.65. The van der Waals surface area contributed by atoms with Crippen LogP contribution in [0.15, 0.2) is 30.5 Å². The number of ether oxygens (including phenoxy) is 2. The molecule has 6 nitrogen and oxygen atoms in total. The van der Waals surface area contributed by atoms with Crippen molar-refractivity contribution in [1.29, 1.82) is 0 Å². The molecule has 2 heterocycles. The fourth-order valence-corrected chi connectivity index (χ4v) is 3.24. The van der Waals surface area contributed by atoms with E-state index in [1.54, 1.807) is 18.3 Å². The van der Waals surface area contributed by atoms with Crippen molar-refractivity contribution in [3.8, 4) is 5.75 Å². The van der Waals surface area contributed by atoms with E-state index in [1.807, 2.05) is 19.1 Å². The van der Waals surface area contributed by atoms with E-state index in [9.17, 15) is 9.90 Å². The molecule has 1 aliphatic rings. The third-order valence-electron chi connectivity index (χ3n) is 3.75. The lowest BCUT2D eigenvalue weighted by Gasteiger charge is -2.13. The summed E-state index contributed by atoms with van der Waals surface area (Å²) in [4.78, 5) is 17.1. The highest BCUT2D eigenvalue weighted by molar-refractivity contribution is 7.13. The minimum Gasteiger partial charge on any atom is -0.508 e. The Labute approximate surface area is 144 Å². The molecule has 7 heteroatoms. The van der Waals surface area contributed by atoms with Crippen LogP contribution in [-0.2, 0) is 15.9 Å². The van der Waals surface area contributed by atoms with Gasteiger partial charge >= 0.3 is 0 Å². The molecule has 1 aliphatic heterocycles. The second-order valence-electron chi connectivity index (χ2n) is 5.72. The van der Waals surface area contributed by atoms with Gasteiger partial charge in [-0.2, -0.15) is 0 Å². The van der Waals surface area contributed by atoms with Gasteiger partial charge < -0.3 is 19.9 Å². The maximum Gasteiger partial charge on any atom is 0.263 e. The van der Waals surface area contributed by atoms with Crippen LogP contribution in [0, 0.1) is 0 Å². The summed E-state index contributed by atoms with van der Waals surface area (Å²) < 4.78 is 10.8. The van der Waals surface area contributed by atoms with Gasteiger partial charge in [-0.25, -0.2) is 4.98 Å². The first-order chi connectivity index (χ1) is 11.6. The maximum absolute atomic E-state index is 12.3. The molecule has 128 valence electrons. The van der Waals surface area contributed by atoms with Gasteiger partial charge in [-0.05, 0) is 37.5 Å². The van der Waals surface area contributed by atoms with E-state index in [0.29, 0.717) is 23.1 Å². The molecule has 1 amide bonds. The fourth-order valence-electron chi connectivity index (χ4n) is 2.42. The summed E-state index contributed by atoms with van der Waals surface area (Å²) in [6.07, 6.45) is 2.77. The summed E-state index contributed by atoms with van der Waals surface area (Å²) in [6.45, 7) is 3.09. The summed E-state index contributed by atoms with van der Waals surface area (Å²) in [6, 6.07) is 7.16. The largest absolute Gasteiger partial charge is 0.508 e. The van der Waals surface area contributed by atoms with Crippen molar-refractivity contribution >= 4 is 17.2 Å². The molecule has 0 aliphatic carbocycles. The Morgan fingerprint density at radius 3 is 2.79 bits per heavy atom. The number of hydrogen-bond donors (Lipinski definition) is 2. The number of aryl methyl sites for hydroxylation is 1. The first-order valence-electron chi connectivity index (χ1n) is 7.89. The van der Waals surface area contributed by atoms with Gasteiger partial charge in [0.25, 0.3) is 5.91 Å².